The number of thiazole rings is 1. The molecule has 3 aliphatic rings. The number of nitrogens with zero attached hydrogens (tertiary/aromatic N) is 3. The molecule has 1 aliphatic carbocycles. The second-order valence-corrected chi connectivity index (χ2v) is 9.48. The molecule has 1 unspecified atom stereocenters. The highest BCUT2D eigenvalue weighted by Crippen LogP contribution is 2.47. The molecule has 1 aromatic heterocycles. The topological polar surface area (TPSA) is 37.8 Å². The van der Waals surface area contributed by atoms with Crippen molar-refractivity contribution in [2.75, 3.05) is 40.0 Å². The summed E-state index contributed by atoms with van der Waals surface area (Å²) in [5.74, 6) is 0. The van der Waals surface area contributed by atoms with Gasteiger partial charge >= 0.3 is 0 Å². The van der Waals surface area contributed by atoms with Gasteiger partial charge in [-0.15, -0.1) is 11.3 Å². The molecule has 3 fully saturated rings. The first kappa shape index (κ1) is 19.8. The van der Waals surface area contributed by atoms with E-state index in [1.54, 1.807) is 18.4 Å². The summed E-state index contributed by atoms with van der Waals surface area (Å²) in [5.41, 5.74) is 3.52. The maximum Gasteiger partial charge on any atom is 0.0886 e. The van der Waals surface area contributed by atoms with Gasteiger partial charge in [0.25, 0.3) is 0 Å². The highest BCUT2D eigenvalue weighted by atomic mass is 32.1. The van der Waals surface area contributed by atoms with Crippen LogP contribution in [0.15, 0.2) is 5.51 Å². The quantitative estimate of drug-likeness (QED) is 0.663. The minimum Gasteiger partial charge on any atom is -0.382 e. The van der Waals surface area contributed by atoms with E-state index in [1.165, 1.54) is 68.6 Å². The van der Waals surface area contributed by atoms with Gasteiger partial charge in [0.1, 0.15) is 0 Å². The molecule has 1 aromatic rings. The molecule has 0 bridgehead atoms. The lowest BCUT2D eigenvalue weighted by atomic mass is 9.69. The summed E-state index contributed by atoms with van der Waals surface area (Å²) < 4.78 is 11.4. The van der Waals surface area contributed by atoms with Crippen molar-refractivity contribution in [3.8, 4) is 0 Å². The largest absolute Gasteiger partial charge is 0.382 e. The van der Waals surface area contributed by atoms with Crippen molar-refractivity contribution >= 4 is 11.3 Å². The van der Waals surface area contributed by atoms with Crippen molar-refractivity contribution < 1.29 is 9.47 Å². The molecular weight excluding hydrogens is 358 g/mol. The van der Waals surface area contributed by atoms with Crippen LogP contribution in [0.5, 0.6) is 0 Å². The number of hydrogen-bond donors (Lipinski definition) is 0. The van der Waals surface area contributed by atoms with Crippen molar-refractivity contribution in [3.05, 3.63) is 16.1 Å². The fourth-order valence-corrected chi connectivity index (χ4v) is 6.26. The number of hydrogen-bond acceptors (Lipinski definition) is 6. The zero-order chi connectivity index (χ0) is 18.7. The minimum absolute atomic E-state index is 0.326. The van der Waals surface area contributed by atoms with Crippen LogP contribution in [-0.2, 0) is 16.0 Å². The normalized spacial score (nSPS) is 27.1. The second kappa shape index (κ2) is 8.87. The lowest BCUT2D eigenvalue weighted by molar-refractivity contribution is -0.204. The van der Waals surface area contributed by atoms with Gasteiger partial charge in [-0.25, -0.2) is 4.98 Å². The van der Waals surface area contributed by atoms with Crippen LogP contribution in [0.1, 0.15) is 55.5 Å². The van der Waals surface area contributed by atoms with Crippen LogP contribution < -0.4 is 0 Å². The first-order valence-corrected chi connectivity index (χ1v) is 11.6. The Hall–Kier alpha value is -0.530. The third kappa shape index (κ3) is 4.10. The minimum atomic E-state index is 0.326. The van der Waals surface area contributed by atoms with Crippen LogP contribution >= 0.6 is 11.3 Å². The van der Waals surface area contributed by atoms with Gasteiger partial charge in [-0.05, 0) is 32.6 Å². The molecule has 1 spiro atoms. The van der Waals surface area contributed by atoms with Gasteiger partial charge in [0.05, 0.1) is 30.5 Å². The third-order valence-electron chi connectivity index (χ3n) is 7.07. The summed E-state index contributed by atoms with van der Waals surface area (Å²) in [6.45, 7) is 8.22. The van der Waals surface area contributed by atoms with Crippen molar-refractivity contribution in [1.82, 2.24) is 14.8 Å². The number of rotatable bonds is 7. The summed E-state index contributed by atoms with van der Waals surface area (Å²) in [6, 6.07) is 0.740. The number of methoxy groups -OCH3 is 1. The molecule has 27 heavy (non-hydrogen) atoms. The average Bonchev–Trinajstić information content (AvgIpc) is 3.10. The molecule has 1 atom stereocenters. The monoisotopic (exact) mass is 393 g/mol. The SMILES string of the molecule is COCCOC1CN(C2CCN(Cc3scnc3C)CC2)C12CCCCC2. The number of aromatic nitrogens is 1. The molecule has 2 saturated heterocycles. The van der Waals surface area contributed by atoms with Crippen molar-refractivity contribution in [3.63, 3.8) is 0 Å². The van der Waals surface area contributed by atoms with Gasteiger partial charge in [0.15, 0.2) is 0 Å². The molecule has 2 aliphatic heterocycles. The lowest BCUT2D eigenvalue weighted by Gasteiger charge is -2.63. The van der Waals surface area contributed by atoms with Crippen LogP contribution in [0.3, 0.4) is 0 Å². The third-order valence-corrected chi connectivity index (χ3v) is 7.99. The van der Waals surface area contributed by atoms with Crippen LogP contribution in [0.2, 0.25) is 0 Å². The molecule has 0 radical (unpaired) electrons. The van der Waals surface area contributed by atoms with Crippen LogP contribution in [-0.4, -0.2) is 72.4 Å². The summed E-state index contributed by atoms with van der Waals surface area (Å²) in [6.07, 6.45) is 9.79. The van der Waals surface area contributed by atoms with Gasteiger partial charge in [-0.2, -0.15) is 0 Å². The summed E-state index contributed by atoms with van der Waals surface area (Å²) in [4.78, 5) is 11.3. The van der Waals surface area contributed by atoms with Crippen molar-refractivity contribution in [2.24, 2.45) is 0 Å². The van der Waals surface area contributed by atoms with E-state index in [-0.39, 0.29) is 0 Å². The van der Waals surface area contributed by atoms with Crippen LogP contribution in [0.4, 0.5) is 0 Å². The summed E-state index contributed by atoms with van der Waals surface area (Å²) in [5, 5.41) is 0. The molecule has 0 aromatic carbocycles. The first-order valence-electron chi connectivity index (χ1n) is 10.7. The molecule has 152 valence electrons. The Kier molecular flexibility index (Phi) is 6.49. The van der Waals surface area contributed by atoms with E-state index in [1.807, 2.05) is 5.51 Å². The predicted molar refractivity (Wildman–Crippen MR) is 109 cm³/mol. The highest BCUT2D eigenvalue weighted by molar-refractivity contribution is 7.09. The average molecular weight is 394 g/mol. The lowest BCUT2D eigenvalue weighted by Crippen LogP contribution is -2.75. The number of likely N-dealkylation sites (tertiary alicyclic amines) is 2. The fraction of sp³-hybridized carbons (Fsp3) is 0.857. The van der Waals surface area contributed by atoms with Gasteiger partial charge in [0, 0.05) is 49.7 Å². The maximum atomic E-state index is 6.25. The second-order valence-electron chi connectivity index (χ2n) is 8.54. The summed E-state index contributed by atoms with van der Waals surface area (Å²) in [7, 11) is 1.76. The van der Waals surface area contributed by atoms with E-state index >= 15 is 0 Å². The molecule has 6 heteroatoms. The van der Waals surface area contributed by atoms with E-state index in [9.17, 15) is 0 Å². The van der Waals surface area contributed by atoms with E-state index in [0.29, 0.717) is 18.2 Å². The van der Waals surface area contributed by atoms with E-state index in [0.717, 1.165) is 25.7 Å². The Morgan fingerprint density at radius 3 is 2.63 bits per heavy atom. The smallest absolute Gasteiger partial charge is 0.0886 e. The number of ether oxygens (including phenoxy) is 2. The van der Waals surface area contributed by atoms with Gasteiger partial charge in [-0.3, -0.25) is 9.80 Å². The molecular formula is C21H35N3O2S. The van der Waals surface area contributed by atoms with Gasteiger partial charge < -0.3 is 9.47 Å². The molecule has 4 rings (SSSR count). The molecule has 0 amide bonds. The molecule has 5 nitrogen and oxygen atoms in total. The predicted octanol–water partition coefficient (Wildman–Crippen LogP) is 3.47. The zero-order valence-corrected chi connectivity index (χ0v) is 17.8. The zero-order valence-electron chi connectivity index (χ0n) is 17.0. The Labute approximate surface area is 168 Å². The fourth-order valence-electron chi connectivity index (χ4n) is 5.44. The van der Waals surface area contributed by atoms with Crippen molar-refractivity contribution in [2.45, 2.75) is 76.1 Å². The highest BCUT2D eigenvalue weighted by Gasteiger charge is 2.56. The Morgan fingerprint density at radius 1 is 1.19 bits per heavy atom. The Morgan fingerprint density at radius 2 is 1.96 bits per heavy atom. The Balaban J connectivity index is 1.32. The molecule has 1 saturated carbocycles. The van der Waals surface area contributed by atoms with Crippen LogP contribution in [0, 0.1) is 6.92 Å². The van der Waals surface area contributed by atoms with E-state index < -0.39 is 0 Å². The summed E-state index contributed by atoms with van der Waals surface area (Å²) >= 11 is 1.80. The van der Waals surface area contributed by atoms with Crippen LogP contribution in [0.25, 0.3) is 0 Å². The number of aryl methyl sites for hydroxylation is 1. The van der Waals surface area contributed by atoms with Crippen molar-refractivity contribution in [1.29, 1.82) is 0 Å². The van der Waals surface area contributed by atoms with E-state index in [2.05, 4.69) is 21.7 Å². The maximum absolute atomic E-state index is 6.25. The first-order chi connectivity index (χ1) is 13.2. The Bertz CT molecular complexity index is 594. The molecule has 0 N–H and O–H groups in total. The number of piperidine rings is 1. The molecule has 3 heterocycles. The standard InChI is InChI=1S/C21H35N3O2S/c1-17-19(27-16-22-17)14-23-10-6-18(7-11-23)24-15-20(26-13-12-25-2)21(24)8-4-3-5-9-21/h16,18,20H,3-15H2,1-2H3. The van der Waals surface area contributed by atoms with Gasteiger partial charge in [-0.1, -0.05) is 19.3 Å². The van der Waals surface area contributed by atoms with E-state index in [4.69, 9.17) is 9.47 Å². The van der Waals surface area contributed by atoms with Gasteiger partial charge in [0.2, 0.25) is 0 Å².